The molecule has 0 aliphatic carbocycles. The number of benzene rings is 2. The summed E-state index contributed by atoms with van der Waals surface area (Å²) in [7, 11) is 0. The Labute approximate surface area is 159 Å². The minimum absolute atomic E-state index is 0.243. The minimum atomic E-state index is -0.690. The Bertz CT molecular complexity index is 782. The van der Waals surface area contributed by atoms with Gasteiger partial charge >= 0.3 is 11.9 Å². The summed E-state index contributed by atoms with van der Waals surface area (Å²) in [4.78, 5) is 25.4. The van der Waals surface area contributed by atoms with Crippen molar-refractivity contribution in [3.8, 4) is 0 Å². The normalized spacial score (nSPS) is 15.7. The lowest BCUT2D eigenvalue weighted by molar-refractivity contribution is -0.0380. The number of hydrogen-bond donors (Lipinski definition) is 1. The van der Waals surface area contributed by atoms with E-state index in [1.54, 1.807) is 24.3 Å². The Morgan fingerprint density at radius 3 is 2.15 bits per heavy atom. The number of rotatable bonds is 6. The highest BCUT2D eigenvalue weighted by Crippen LogP contribution is 2.36. The number of ether oxygens (including phenoxy) is 2. The van der Waals surface area contributed by atoms with Gasteiger partial charge in [-0.15, -0.1) is 0 Å². The van der Waals surface area contributed by atoms with Crippen molar-refractivity contribution in [1.82, 2.24) is 5.32 Å². The fourth-order valence-corrected chi connectivity index (χ4v) is 3.37. The van der Waals surface area contributed by atoms with Crippen LogP contribution in [0.2, 0.25) is 0 Å². The van der Waals surface area contributed by atoms with Crippen LogP contribution in [0.1, 0.15) is 52.5 Å². The molecule has 27 heavy (non-hydrogen) atoms. The zero-order valence-corrected chi connectivity index (χ0v) is 15.6. The van der Waals surface area contributed by atoms with Crippen LogP contribution in [0, 0.1) is 0 Å². The van der Waals surface area contributed by atoms with Gasteiger partial charge in [-0.2, -0.15) is 0 Å². The van der Waals surface area contributed by atoms with Crippen LogP contribution in [-0.2, 0) is 15.1 Å². The molecule has 2 aromatic carbocycles. The van der Waals surface area contributed by atoms with E-state index < -0.39 is 17.5 Å². The average molecular weight is 367 g/mol. The van der Waals surface area contributed by atoms with Gasteiger partial charge in [0.25, 0.3) is 0 Å². The van der Waals surface area contributed by atoms with Gasteiger partial charge in [0, 0.05) is 12.8 Å². The molecular weight excluding hydrogens is 342 g/mol. The van der Waals surface area contributed by atoms with Crippen LogP contribution in [0.15, 0.2) is 54.6 Å². The topological polar surface area (TPSA) is 64.6 Å². The molecule has 1 aliphatic heterocycles. The third kappa shape index (κ3) is 4.37. The number of piperidine rings is 1. The van der Waals surface area contributed by atoms with Crippen LogP contribution < -0.4 is 5.32 Å². The fraction of sp³-hybridized carbons (Fsp3) is 0.364. The van der Waals surface area contributed by atoms with Gasteiger partial charge in [0.1, 0.15) is 5.60 Å². The van der Waals surface area contributed by atoms with Crippen LogP contribution in [0.3, 0.4) is 0 Å². The van der Waals surface area contributed by atoms with Crippen LogP contribution in [-0.4, -0.2) is 31.6 Å². The van der Waals surface area contributed by atoms with E-state index in [0.717, 1.165) is 25.1 Å². The van der Waals surface area contributed by atoms with Gasteiger partial charge in [-0.05, 0) is 37.2 Å². The van der Waals surface area contributed by atoms with Crippen molar-refractivity contribution in [2.75, 3.05) is 19.7 Å². The van der Waals surface area contributed by atoms with Crippen molar-refractivity contribution in [1.29, 1.82) is 0 Å². The zero-order chi connectivity index (χ0) is 19.1. The van der Waals surface area contributed by atoms with Crippen LogP contribution in [0.5, 0.6) is 0 Å². The molecule has 0 atom stereocenters. The lowest BCUT2D eigenvalue weighted by Gasteiger charge is -2.37. The first-order valence-corrected chi connectivity index (χ1v) is 9.42. The SMILES string of the molecule is CCCOC(=O)c1ccccc1C(=O)OC1(c2ccccc2)CCNCC1. The summed E-state index contributed by atoms with van der Waals surface area (Å²) in [6, 6.07) is 16.5. The highest BCUT2D eigenvalue weighted by atomic mass is 16.6. The van der Waals surface area contributed by atoms with E-state index in [9.17, 15) is 9.59 Å². The van der Waals surface area contributed by atoms with Gasteiger partial charge in [-0.1, -0.05) is 49.4 Å². The molecule has 142 valence electrons. The first-order chi connectivity index (χ1) is 13.2. The van der Waals surface area contributed by atoms with Crippen molar-refractivity contribution in [2.45, 2.75) is 31.8 Å². The standard InChI is InChI=1S/C22H25NO4/c1-2-16-26-20(24)18-10-6-7-11-19(18)21(25)27-22(12-14-23-15-13-22)17-8-4-3-5-9-17/h3-11,23H,2,12-16H2,1H3. The van der Waals surface area contributed by atoms with Crippen molar-refractivity contribution in [3.63, 3.8) is 0 Å². The lowest BCUT2D eigenvalue weighted by Crippen LogP contribution is -2.43. The largest absolute Gasteiger partial charge is 0.462 e. The Balaban J connectivity index is 1.88. The number of carbonyl (C=O) groups excluding carboxylic acids is 2. The number of esters is 2. The molecule has 0 aromatic heterocycles. The molecule has 1 saturated heterocycles. The third-order valence-electron chi connectivity index (χ3n) is 4.80. The Kier molecular flexibility index (Phi) is 6.24. The maximum atomic E-state index is 13.0. The smallest absolute Gasteiger partial charge is 0.339 e. The second-order valence-electron chi connectivity index (χ2n) is 6.68. The van der Waals surface area contributed by atoms with E-state index in [1.165, 1.54) is 0 Å². The Morgan fingerprint density at radius 1 is 0.926 bits per heavy atom. The fourth-order valence-electron chi connectivity index (χ4n) is 3.37. The van der Waals surface area contributed by atoms with Gasteiger partial charge in [-0.25, -0.2) is 9.59 Å². The first-order valence-electron chi connectivity index (χ1n) is 9.42. The summed E-state index contributed by atoms with van der Waals surface area (Å²) < 4.78 is 11.3. The molecule has 0 spiro atoms. The molecule has 0 amide bonds. The maximum Gasteiger partial charge on any atom is 0.339 e. The molecule has 5 heteroatoms. The van der Waals surface area contributed by atoms with Crippen LogP contribution >= 0.6 is 0 Å². The van der Waals surface area contributed by atoms with Gasteiger partial charge in [0.05, 0.1) is 17.7 Å². The molecule has 1 fully saturated rings. The Morgan fingerprint density at radius 2 is 1.52 bits per heavy atom. The molecule has 1 aliphatic rings. The number of nitrogens with one attached hydrogen (secondary N) is 1. The van der Waals surface area contributed by atoms with E-state index >= 15 is 0 Å². The predicted octanol–water partition coefficient (Wildman–Crippen LogP) is 3.69. The first kappa shape index (κ1) is 19.1. The molecular formula is C22H25NO4. The minimum Gasteiger partial charge on any atom is -0.462 e. The van der Waals surface area contributed by atoms with Crippen molar-refractivity contribution in [2.24, 2.45) is 0 Å². The molecule has 0 saturated carbocycles. The predicted molar refractivity (Wildman–Crippen MR) is 103 cm³/mol. The maximum absolute atomic E-state index is 13.0. The summed E-state index contributed by atoms with van der Waals surface area (Å²) in [5.74, 6) is -0.992. The summed E-state index contributed by atoms with van der Waals surface area (Å²) >= 11 is 0. The van der Waals surface area contributed by atoms with E-state index in [0.29, 0.717) is 19.4 Å². The van der Waals surface area contributed by atoms with Gasteiger partial charge in [0.2, 0.25) is 0 Å². The molecule has 0 radical (unpaired) electrons. The van der Waals surface area contributed by atoms with Crippen molar-refractivity contribution >= 4 is 11.9 Å². The molecule has 5 nitrogen and oxygen atoms in total. The highest BCUT2D eigenvalue weighted by Gasteiger charge is 2.38. The van der Waals surface area contributed by atoms with Gasteiger partial charge < -0.3 is 14.8 Å². The Hall–Kier alpha value is -2.66. The molecule has 0 unspecified atom stereocenters. The van der Waals surface area contributed by atoms with E-state index in [1.807, 2.05) is 37.3 Å². The molecule has 1 heterocycles. The second-order valence-corrected chi connectivity index (χ2v) is 6.68. The van der Waals surface area contributed by atoms with Crippen LogP contribution in [0.25, 0.3) is 0 Å². The monoisotopic (exact) mass is 367 g/mol. The van der Waals surface area contributed by atoms with Crippen LogP contribution in [0.4, 0.5) is 0 Å². The van der Waals surface area contributed by atoms with E-state index in [2.05, 4.69) is 5.32 Å². The van der Waals surface area contributed by atoms with E-state index in [4.69, 9.17) is 9.47 Å². The molecule has 3 rings (SSSR count). The van der Waals surface area contributed by atoms with E-state index in [-0.39, 0.29) is 11.1 Å². The third-order valence-corrected chi connectivity index (χ3v) is 4.80. The molecule has 1 N–H and O–H groups in total. The zero-order valence-electron chi connectivity index (χ0n) is 15.6. The average Bonchev–Trinajstić information content (AvgIpc) is 2.73. The van der Waals surface area contributed by atoms with Crippen molar-refractivity contribution < 1.29 is 19.1 Å². The summed E-state index contributed by atoms with van der Waals surface area (Å²) in [6.07, 6.45) is 2.10. The molecule has 0 bridgehead atoms. The summed E-state index contributed by atoms with van der Waals surface area (Å²) in [5.41, 5.74) is 0.774. The van der Waals surface area contributed by atoms with Crippen molar-refractivity contribution in [3.05, 3.63) is 71.3 Å². The highest BCUT2D eigenvalue weighted by molar-refractivity contribution is 6.03. The van der Waals surface area contributed by atoms with Gasteiger partial charge in [0.15, 0.2) is 0 Å². The van der Waals surface area contributed by atoms with Gasteiger partial charge in [-0.3, -0.25) is 0 Å². The number of hydrogen-bond acceptors (Lipinski definition) is 5. The number of carbonyl (C=O) groups is 2. The molecule has 2 aromatic rings. The quantitative estimate of drug-likeness (QED) is 0.789. The second kappa shape index (κ2) is 8.82. The summed E-state index contributed by atoms with van der Waals surface area (Å²) in [6.45, 7) is 3.78. The summed E-state index contributed by atoms with van der Waals surface area (Å²) in [5, 5.41) is 3.31. The lowest BCUT2D eigenvalue weighted by atomic mass is 9.84.